The third kappa shape index (κ3) is 5.85. The Morgan fingerprint density at radius 1 is 0.976 bits per heavy atom. The van der Waals surface area contributed by atoms with E-state index in [1.807, 2.05) is 24.4 Å². The molecule has 6 rings (SSSR count). The van der Waals surface area contributed by atoms with Gasteiger partial charge in [-0.05, 0) is 61.9 Å². The van der Waals surface area contributed by atoms with Gasteiger partial charge in [0.1, 0.15) is 5.82 Å². The lowest BCUT2D eigenvalue weighted by molar-refractivity contribution is -0.126. The van der Waals surface area contributed by atoms with Crippen LogP contribution in [0, 0.1) is 6.92 Å². The quantitative estimate of drug-likeness (QED) is 0.177. The van der Waals surface area contributed by atoms with Crippen molar-refractivity contribution < 1.29 is 4.79 Å². The van der Waals surface area contributed by atoms with E-state index < -0.39 is 11.6 Å². The maximum absolute atomic E-state index is 13.2. The van der Waals surface area contributed by atoms with Crippen LogP contribution in [0.15, 0.2) is 85.1 Å². The molecule has 6 aromatic rings. The number of para-hydroxylation sites is 2. The van der Waals surface area contributed by atoms with E-state index in [1.54, 1.807) is 13.8 Å². The number of carbonyl (C=O) groups is 1. The number of aromatic amines is 2. The van der Waals surface area contributed by atoms with Crippen LogP contribution in [0.4, 0.5) is 0 Å². The predicted octanol–water partition coefficient (Wildman–Crippen LogP) is 5.52. The van der Waals surface area contributed by atoms with Crippen LogP contribution in [-0.2, 0) is 30.6 Å². The van der Waals surface area contributed by atoms with Crippen molar-refractivity contribution in [1.82, 2.24) is 30.0 Å². The zero-order valence-corrected chi connectivity index (χ0v) is 24.3. The molecule has 1 atom stereocenters. The lowest BCUT2D eigenvalue weighted by Crippen LogP contribution is -2.50. The van der Waals surface area contributed by atoms with Gasteiger partial charge < -0.3 is 25.6 Å². The van der Waals surface area contributed by atoms with Crippen molar-refractivity contribution in [1.29, 1.82) is 0 Å². The molecule has 0 fully saturated rings. The van der Waals surface area contributed by atoms with Gasteiger partial charge in [0.05, 0.1) is 18.1 Å². The Bertz CT molecular complexity index is 1800. The van der Waals surface area contributed by atoms with E-state index in [4.69, 9.17) is 10.8 Å². The Labute approximate surface area is 245 Å². The highest BCUT2D eigenvalue weighted by Crippen LogP contribution is 2.26. The van der Waals surface area contributed by atoms with Crippen LogP contribution in [0.3, 0.4) is 0 Å². The lowest BCUT2D eigenvalue weighted by Gasteiger charge is -2.25. The summed E-state index contributed by atoms with van der Waals surface area (Å²) in [6.45, 7) is 6.11. The molecule has 0 bridgehead atoms. The maximum Gasteiger partial charge on any atom is 0.240 e. The number of nitrogens with one attached hydrogen (secondary N) is 3. The number of nitrogens with zero attached hydrogens (tertiary/aromatic N) is 3. The fourth-order valence-electron chi connectivity index (χ4n) is 5.43. The van der Waals surface area contributed by atoms with Crippen LogP contribution in [0.1, 0.15) is 53.9 Å². The number of aromatic nitrogens is 5. The molecular formula is C34H37N7O. The Hall–Kier alpha value is -4.69. The highest BCUT2D eigenvalue weighted by atomic mass is 16.2. The molecule has 214 valence electrons. The molecule has 0 aliphatic rings. The highest BCUT2D eigenvalue weighted by molar-refractivity contribution is 5.86. The van der Waals surface area contributed by atoms with E-state index in [9.17, 15) is 4.79 Å². The van der Waals surface area contributed by atoms with E-state index in [1.165, 1.54) is 10.9 Å². The third-order valence-electron chi connectivity index (χ3n) is 7.82. The van der Waals surface area contributed by atoms with Gasteiger partial charge in [0.15, 0.2) is 5.82 Å². The van der Waals surface area contributed by atoms with Crippen molar-refractivity contribution in [3.05, 3.63) is 119 Å². The number of hydrogen-bond acceptors (Lipinski definition) is 4. The summed E-state index contributed by atoms with van der Waals surface area (Å²) in [5, 5.41) is 14.9. The van der Waals surface area contributed by atoms with Gasteiger partial charge in [-0.25, -0.2) is 0 Å². The maximum atomic E-state index is 13.2. The molecule has 0 saturated carbocycles. The first-order chi connectivity index (χ1) is 20.2. The van der Waals surface area contributed by atoms with E-state index in [0.717, 1.165) is 45.5 Å². The summed E-state index contributed by atoms with van der Waals surface area (Å²) in [4.78, 5) is 20.1. The van der Waals surface area contributed by atoms with E-state index in [2.05, 4.69) is 92.5 Å². The number of hydrogen-bond donors (Lipinski definition) is 4. The summed E-state index contributed by atoms with van der Waals surface area (Å²) in [7, 11) is 0. The molecule has 3 aromatic heterocycles. The summed E-state index contributed by atoms with van der Waals surface area (Å²) in [5.74, 6) is 1.34. The second kappa shape index (κ2) is 11.3. The van der Waals surface area contributed by atoms with E-state index >= 15 is 0 Å². The SMILES string of the molecule is Cc1ccc(Cn2c(CCc3cc4ccccc4[nH]3)nnc2[C@@H](Cc2c[nH]c3ccccc23)NC(=O)C(C)(C)N)cc1. The van der Waals surface area contributed by atoms with Crippen molar-refractivity contribution in [2.24, 2.45) is 5.73 Å². The van der Waals surface area contributed by atoms with Crippen molar-refractivity contribution in [2.45, 2.75) is 58.2 Å². The van der Waals surface area contributed by atoms with Gasteiger partial charge >= 0.3 is 0 Å². The van der Waals surface area contributed by atoms with E-state index in [-0.39, 0.29) is 5.91 Å². The second-order valence-corrected chi connectivity index (χ2v) is 11.7. The average Bonchev–Trinajstić information content (AvgIpc) is 3.69. The van der Waals surface area contributed by atoms with Crippen LogP contribution in [0.25, 0.3) is 21.8 Å². The first kappa shape index (κ1) is 27.5. The van der Waals surface area contributed by atoms with Crippen molar-refractivity contribution in [3.63, 3.8) is 0 Å². The monoisotopic (exact) mass is 559 g/mol. The molecule has 5 N–H and O–H groups in total. The Kier molecular flexibility index (Phi) is 7.39. The Morgan fingerprint density at radius 3 is 2.48 bits per heavy atom. The van der Waals surface area contributed by atoms with Gasteiger partial charge in [0, 0.05) is 41.2 Å². The van der Waals surface area contributed by atoms with Crippen molar-refractivity contribution in [2.75, 3.05) is 0 Å². The molecule has 8 heteroatoms. The third-order valence-corrected chi connectivity index (χ3v) is 7.82. The minimum absolute atomic E-state index is 0.239. The Balaban J connectivity index is 1.37. The summed E-state index contributed by atoms with van der Waals surface area (Å²) >= 11 is 0. The summed E-state index contributed by atoms with van der Waals surface area (Å²) in [5.41, 5.74) is 12.0. The first-order valence-electron chi connectivity index (χ1n) is 14.4. The highest BCUT2D eigenvalue weighted by Gasteiger charge is 2.29. The molecule has 3 heterocycles. The van der Waals surface area contributed by atoms with Gasteiger partial charge in [-0.1, -0.05) is 66.2 Å². The molecule has 42 heavy (non-hydrogen) atoms. The number of nitrogens with two attached hydrogens (primary N) is 1. The molecule has 0 saturated heterocycles. The minimum atomic E-state index is -1.04. The van der Waals surface area contributed by atoms with Crippen molar-refractivity contribution >= 4 is 27.7 Å². The topological polar surface area (TPSA) is 117 Å². The summed E-state index contributed by atoms with van der Waals surface area (Å²) in [6, 6.07) is 26.7. The number of carbonyl (C=O) groups excluding carboxylic acids is 1. The van der Waals surface area contributed by atoms with Crippen LogP contribution in [-0.4, -0.2) is 36.2 Å². The van der Waals surface area contributed by atoms with Crippen LogP contribution in [0.5, 0.6) is 0 Å². The summed E-state index contributed by atoms with van der Waals surface area (Å²) < 4.78 is 2.16. The smallest absolute Gasteiger partial charge is 0.240 e. The standard InChI is InChI=1S/C34H37N7O/c1-22-12-14-23(15-13-22)21-41-31(17-16-26-18-24-8-4-6-10-28(24)37-26)39-40-32(41)30(38-33(42)34(2,3)35)19-25-20-36-29-11-7-5-9-27(25)29/h4-15,18,20,30,36-37H,16-17,19,21,35H2,1-3H3,(H,38,42)/t30-/m1/s1. The average molecular weight is 560 g/mol. The molecule has 3 aromatic carbocycles. The number of fused-ring (bicyclic) bond motifs is 2. The fraction of sp³-hybridized carbons (Fsp3) is 0.265. The molecule has 0 unspecified atom stereocenters. The first-order valence-corrected chi connectivity index (χ1v) is 14.4. The van der Waals surface area contributed by atoms with Gasteiger partial charge in [0.2, 0.25) is 5.91 Å². The zero-order valence-electron chi connectivity index (χ0n) is 24.3. The number of aryl methyl sites for hydroxylation is 3. The molecule has 0 aliphatic carbocycles. The number of amides is 1. The lowest BCUT2D eigenvalue weighted by atomic mass is 10.0. The van der Waals surface area contributed by atoms with Gasteiger partial charge in [0.25, 0.3) is 0 Å². The molecular weight excluding hydrogens is 522 g/mol. The molecule has 0 aliphatic heterocycles. The normalized spacial score (nSPS) is 12.7. The Morgan fingerprint density at radius 2 is 1.71 bits per heavy atom. The minimum Gasteiger partial charge on any atom is -0.361 e. The second-order valence-electron chi connectivity index (χ2n) is 11.7. The van der Waals surface area contributed by atoms with Crippen molar-refractivity contribution in [3.8, 4) is 0 Å². The molecule has 8 nitrogen and oxygen atoms in total. The van der Waals surface area contributed by atoms with Gasteiger partial charge in [-0.2, -0.15) is 0 Å². The van der Waals surface area contributed by atoms with Crippen LogP contribution < -0.4 is 11.1 Å². The van der Waals surface area contributed by atoms with Crippen LogP contribution in [0.2, 0.25) is 0 Å². The van der Waals surface area contributed by atoms with Crippen LogP contribution >= 0.6 is 0 Å². The van der Waals surface area contributed by atoms with E-state index in [0.29, 0.717) is 25.2 Å². The number of benzene rings is 3. The molecule has 1 amide bonds. The number of H-pyrrole nitrogens is 2. The molecule has 0 spiro atoms. The predicted molar refractivity (Wildman–Crippen MR) is 167 cm³/mol. The zero-order chi connectivity index (χ0) is 29.3. The fourth-order valence-corrected chi connectivity index (χ4v) is 5.43. The molecule has 0 radical (unpaired) electrons. The summed E-state index contributed by atoms with van der Waals surface area (Å²) in [6.07, 6.45) is 4.03. The van der Waals surface area contributed by atoms with Gasteiger partial charge in [-0.3, -0.25) is 4.79 Å². The largest absolute Gasteiger partial charge is 0.361 e. The number of rotatable bonds is 10. The van der Waals surface area contributed by atoms with Gasteiger partial charge in [-0.15, -0.1) is 10.2 Å².